The van der Waals surface area contributed by atoms with E-state index in [2.05, 4.69) is 9.97 Å². The van der Waals surface area contributed by atoms with E-state index in [1.165, 1.54) is 0 Å². The second kappa shape index (κ2) is 4.75. The Labute approximate surface area is 84.2 Å². The summed E-state index contributed by atoms with van der Waals surface area (Å²) in [4.78, 5) is 25.3. The molecule has 0 unspecified atom stereocenters. The Bertz CT molecular complexity index is 435. The third-order valence-electron chi connectivity index (χ3n) is 1.51. The number of nitrogens with one attached hydrogen (secondary N) is 1. The van der Waals surface area contributed by atoms with E-state index in [1.807, 2.05) is 24.3 Å². The zero-order valence-electron chi connectivity index (χ0n) is 7.54. The highest BCUT2D eigenvalue weighted by Gasteiger charge is 2.04. The summed E-state index contributed by atoms with van der Waals surface area (Å²) < 4.78 is 0. The van der Waals surface area contributed by atoms with Crippen LogP contribution in [0.3, 0.4) is 0 Å². The van der Waals surface area contributed by atoms with Gasteiger partial charge in [-0.15, -0.1) is 0 Å². The molecule has 0 aliphatic rings. The van der Waals surface area contributed by atoms with E-state index >= 15 is 0 Å². The normalized spacial score (nSPS) is 9.07. The van der Waals surface area contributed by atoms with Gasteiger partial charge in [0.15, 0.2) is 0 Å². The first-order valence-electron chi connectivity index (χ1n) is 3.95. The molecular formula is C9H8N2O4. The van der Waals surface area contributed by atoms with E-state index in [9.17, 15) is 0 Å². The molecule has 1 heterocycles. The molecule has 1 aromatic carbocycles. The molecule has 0 aliphatic carbocycles. The van der Waals surface area contributed by atoms with Crippen LogP contribution >= 0.6 is 0 Å². The molecule has 0 saturated carbocycles. The Morgan fingerprint density at radius 1 is 1.13 bits per heavy atom. The van der Waals surface area contributed by atoms with Crippen molar-refractivity contribution in [2.75, 3.05) is 0 Å². The summed E-state index contributed by atoms with van der Waals surface area (Å²) in [6.07, 6.45) is 1.70. The smallest absolute Gasteiger partial charge is 0.414 e. The number of carbonyl (C=O) groups is 2. The maximum Gasteiger partial charge on any atom is 0.414 e. The number of carboxylic acid groups (broad SMARTS) is 2. The highest BCUT2D eigenvalue weighted by atomic mass is 16.4. The Hall–Kier alpha value is -2.37. The SMILES string of the molecule is O=C(O)C(=O)O.c1ccc2[nH]cnc2c1. The second-order valence-corrected chi connectivity index (χ2v) is 2.53. The van der Waals surface area contributed by atoms with E-state index in [4.69, 9.17) is 19.8 Å². The molecule has 6 heteroatoms. The van der Waals surface area contributed by atoms with Crippen LogP contribution in [0.15, 0.2) is 30.6 Å². The molecule has 3 N–H and O–H groups in total. The van der Waals surface area contributed by atoms with Crippen LogP contribution in [0.4, 0.5) is 0 Å². The number of carboxylic acids is 2. The lowest BCUT2D eigenvalue weighted by Crippen LogP contribution is -2.09. The summed E-state index contributed by atoms with van der Waals surface area (Å²) in [5, 5.41) is 14.8. The first-order valence-corrected chi connectivity index (χ1v) is 3.95. The average molecular weight is 208 g/mol. The first-order chi connectivity index (χ1) is 7.11. The number of fused-ring (bicyclic) bond motifs is 1. The summed E-state index contributed by atoms with van der Waals surface area (Å²) in [7, 11) is 0. The molecule has 15 heavy (non-hydrogen) atoms. The van der Waals surface area contributed by atoms with Crippen LogP contribution in [0.2, 0.25) is 0 Å². The molecule has 0 bridgehead atoms. The minimum absolute atomic E-state index is 1.03. The van der Waals surface area contributed by atoms with Gasteiger partial charge < -0.3 is 15.2 Å². The van der Waals surface area contributed by atoms with Gasteiger partial charge in [-0.25, -0.2) is 14.6 Å². The predicted molar refractivity (Wildman–Crippen MR) is 51.4 cm³/mol. The number of rotatable bonds is 0. The summed E-state index contributed by atoms with van der Waals surface area (Å²) in [5.41, 5.74) is 2.12. The van der Waals surface area contributed by atoms with Crippen LogP contribution in [0, 0.1) is 0 Å². The topological polar surface area (TPSA) is 103 Å². The maximum absolute atomic E-state index is 9.10. The van der Waals surface area contributed by atoms with Crippen molar-refractivity contribution in [2.24, 2.45) is 0 Å². The Kier molecular flexibility index (Phi) is 3.39. The molecule has 0 aliphatic heterocycles. The van der Waals surface area contributed by atoms with Crippen LogP contribution in [-0.4, -0.2) is 32.1 Å². The number of hydrogen-bond donors (Lipinski definition) is 3. The van der Waals surface area contributed by atoms with E-state index < -0.39 is 11.9 Å². The van der Waals surface area contributed by atoms with Crippen LogP contribution in [0.25, 0.3) is 11.0 Å². The van der Waals surface area contributed by atoms with E-state index in [0.717, 1.165) is 11.0 Å². The molecule has 0 fully saturated rings. The third kappa shape index (κ3) is 3.11. The molecule has 0 radical (unpaired) electrons. The molecule has 6 nitrogen and oxygen atoms in total. The number of aromatic amines is 1. The summed E-state index contributed by atoms with van der Waals surface area (Å²) in [6, 6.07) is 7.94. The van der Waals surface area contributed by atoms with Crippen molar-refractivity contribution in [1.29, 1.82) is 0 Å². The van der Waals surface area contributed by atoms with Crippen LogP contribution < -0.4 is 0 Å². The van der Waals surface area contributed by atoms with Gasteiger partial charge in [-0.3, -0.25) is 0 Å². The number of H-pyrrole nitrogens is 1. The fourth-order valence-electron chi connectivity index (χ4n) is 0.880. The second-order valence-electron chi connectivity index (χ2n) is 2.53. The molecule has 2 aromatic rings. The highest BCUT2D eigenvalue weighted by molar-refractivity contribution is 6.27. The van der Waals surface area contributed by atoms with Crippen molar-refractivity contribution >= 4 is 23.0 Å². The zero-order valence-corrected chi connectivity index (χ0v) is 7.54. The van der Waals surface area contributed by atoms with Gasteiger partial charge in [-0.05, 0) is 12.1 Å². The predicted octanol–water partition coefficient (Wildman–Crippen LogP) is 0.718. The molecule has 0 atom stereocenters. The van der Waals surface area contributed by atoms with Crippen LogP contribution in [0.5, 0.6) is 0 Å². The van der Waals surface area contributed by atoms with E-state index in [1.54, 1.807) is 6.33 Å². The minimum Gasteiger partial charge on any atom is -0.473 e. The lowest BCUT2D eigenvalue weighted by Gasteiger charge is -1.81. The van der Waals surface area contributed by atoms with Crippen molar-refractivity contribution in [3.8, 4) is 0 Å². The molecule has 0 saturated heterocycles. The number of nitrogens with zero attached hydrogens (tertiary/aromatic N) is 1. The number of imidazole rings is 1. The van der Waals surface area contributed by atoms with Gasteiger partial charge in [0.05, 0.1) is 17.4 Å². The van der Waals surface area contributed by atoms with Gasteiger partial charge in [0.25, 0.3) is 0 Å². The molecule has 1 aromatic heterocycles. The standard InChI is InChI=1S/C7H6N2.C2H2O4/c1-2-4-7-6(3-1)8-5-9-7;3-1(4)2(5)6/h1-5H,(H,8,9);(H,3,4)(H,5,6). The number of benzene rings is 1. The summed E-state index contributed by atoms with van der Waals surface area (Å²) in [6.45, 7) is 0. The molecule has 0 amide bonds. The Balaban J connectivity index is 0.000000167. The molecule has 78 valence electrons. The van der Waals surface area contributed by atoms with Gasteiger partial charge >= 0.3 is 11.9 Å². The minimum atomic E-state index is -1.82. The largest absolute Gasteiger partial charge is 0.473 e. The maximum atomic E-state index is 9.10. The van der Waals surface area contributed by atoms with Crippen LogP contribution in [0.1, 0.15) is 0 Å². The Morgan fingerprint density at radius 2 is 1.73 bits per heavy atom. The van der Waals surface area contributed by atoms with Crippen molar-refractivity contribution in [3.05, 3.63) is 30.6 Å². The van der Waals surface area contributed by atoms with Crippen molar-refractivity contribution in [1.82, 2.24) is 9.97 Å². The Morgan fingerprint density at radius 3 is 2.27 bits per heavy atom. The fourth-order valence-corrected chi connectivity index (χ4v) is 0.880. The monoisotopic (exact) mass is 208 g/mol. The summed E-state index contributed by atoms with van der Waals surface area (Å²) in [5.74, 6) is -3.65. The highest BCUT2D eigenvalue weighted by Crippen LogP contribution is 2.05. The van der Waals surface area contributed by atoms with Crippen molar-refractivity contribution in [3.63, 3.8) is 0 Å². The quantitative estimate of drug-likeness (QED) is 0.553. The molecular weight excluding hydrogens is 200 g/mol. The number of hydrogen-bond acceptors (Lipinski definition) is 3. The third-order valence-corrected chi connectivity index (χ3v) is 1.51. The first kappa shape index (κ1) is 10.7. The van der Waals surface area contributed by atoms with Gasteiger partial charge in [-0.1, -0.05) is 12.1 Å². The van der Waals surface area contributed by atoms with Gasteiger partial charge in [0.2, 0.25) is 0 Å². The van der Waals surface area contributed by atoms with E-state index in [-0.39, 0.29) is 0 Å². The van der Waals surface area contributed by atoms with Crippen molar-refractivity contribution in [2.45, 2.75) is 0 Å². The number of aliphatic carboxylic acids is 2. The zero-order chi connectivity index (χ0) is 11.3. The van der Waals surface area contributed by atoms with Crippen LogP contribution in [-0.2, 0) is 9.59 Å². The molecule has 0 spiro atoms. The number of aromatic nitrogens is 2. The number of para-hydroxylation sites is 2. The summed E-state index contributed by atoms with van der Waals surface area (Å²) >= 11 is 0. The van der Waals surface area contributed by atoms with Gasteiger partial charge in [0.1, 0.15) is 0 Å². The van der Waals surface area contributed by atoms with E-state index in [0.29, 0.717) is 0 Å². The van der Waals surface area contributed by atoms with Crippen molar-refractivity contribution < 1.29 is 19.8 Å². The molecule has 2 rings (SSSR count). The average Bonchev–Trinajstić information content (AvgIpc) is 2.66. The fraction of sp³-hybridized carbons (Fsp3) is 0. The lowest BCUT2D eigenvalue weighted by atomic mass is 10.3. The van der Waals surface area contributed by atoms with Gasteiger partial charge in [-0.2, -0.15) is 0 Å². The lowest BCUT2D eigenvalue weighted by molar-refractivity contribution is -0.159. The van der Waals surface area contributed by atoms with Gasteiger partial charge in [0, 0.05) is 0 Å².